The maximum absolute atomic E-state index is 11.6. The molecule has 1 fully saturated rings. The molecule has 1 aromatic rings. The molecule has 0 heterocycles. The molecule has 1 aromatic carbocycles. The lowest BCUT2D eigenvalue weighted by atomic mass is 9.92. The van der Waals surface area contributed by atoms with Crippen LogP contribution in [0.1, 0.15) is 26.7 Å². The molecule has 0 aliphatic heterocycles. The van der Waals surface area contributed by atoms with E-state index in [1.54, 1.807) is 12.1 Å². The molecule has 106 valence electrons. The number of anilines is 1. The zero-order valence-electron chi connectivity index (χ0n) is 11.7. The van der Waals surface area contributed by atoms with E-state index in [2.05, 4.69) is 23.9 Å². The molecule has 2 N–H and O–H groups in total. The van der Waals surface area contributed by atoms with Gasteiger partial charge in [0.15, 0.2) is 0 Å². The fraction of sp³-hybridized carbons (Fsp3) is 0.571. The maximum Gasteiger partial charge on any atom is 0.240 e. The molecule has 1 aliphatic rings. The summed E-state index contributed by atoms with van der Waals surface area (Å²) in [6.07, 6.45) is 2.56. The van der Waals surface area contributed by atoms with Gasteiger partial charge < -0.3 is 5.32 Å². The molecule has 19 heavy (non-hydrogen) atoms. The normalized spacial score (nSPS) is 17.5. The highest BCUT2D eigenvalue weighted by Gasteiger charge is 2.44. The average Bonchev–Trinajstić information content (AvgIpc) is 3.18. The first-order valence-corrected chi connectivity index (χ1v) is 8.15. The second-order valence-corrected chi connectivity index (χ2v) is 7.49. The van der Waals surface area contributed by atoms with Gasteiger partial charge in [0.05, 0.1) is 4.90 Å². The molecule has 2 rings (SSSR count). The van der Waals surface area contributed by atoms with Crippen LogP contribution in [0.5, 0.6) is 0 Å². The van der Waals surface area contributed by atoms with E-state index in [0.717, 1.165) is 12.2 Å². The molecule has 0 saturated heterocycles. The summed E-state index contributed by atoms with van der Waals surface area (Å²) in [5.41, 5.74) is 1.41. The Labute approximate surface area is 115 Å². The van der Waals surface area contributed by atoms with E-state index in [1.165, 1.54) is 19.9 Å². The molecule has 1 aliphatic carbocycles. The minimum atomic E-state index is -3.34. The zero-order valence-corrected chi connectivity index (χ0v) is 12.5. The van der Waals surface area contributed by atoms with Crippen molar-refractivity contribution in [3.05, 3.63) is 24.3 Å². The molecule has 0 unspecified atom stereocenters. The van der Waals surface area contributed by atoms with E-state index in [9.17, 15) is 8.42 Å². The van der Waals surface area contributed by atoms with Gasteiger partial charge in [0.2, 0.25) is 10.0 Å². The first-order valence-electron chi connectivity index (χ1n) is 6.67. The molecule has 5 heteroatoms. The summed E-state index contributed by atoms with van der Waals surface area (Å²) in [6, 6.07) is 6.90. The van der Waals surface area contributed by atoms with E-state index in [4.69, 9.17) is 0 Å². The molecule has 0 atom stereocenters. The summed E-state index contributed by atoms with van der Waals surface area (Å²) in [4.78, 5) is 0.297. The fourth-order valence-corrected chi connectivity index (χ4v) is 3.00. The van der Waals surface area contributed by atoms with Gasteiger partial charge in [0.25, 0.3) is 0 Å². The fourth-order valence-electron chi connectivity index (χ4n) is 2.27. The summed E-state index contributed by atoms with van der Waals surface area (Å²) < 4.78 is 25.5. The lowest BCUT2D eigenvalue weighted by molar-refractivity contribution is 0.380. The van der Waals surface area contributed by atoms with Crippen molar-refractivity contribution >= 4 is 15.7 Å². The summed E-state index contributed by atoms with van der Waals surface area (Å²) in [5, 5.41) is 3.41. The molecule has 0 aromatic heterocycles. The molecule has 0 spiro atoms. The van der Waals surface area contributed by atoms with E-state index >= 15 is 0 Å². The molecule has 0 amide bonds. The first-order chi connectivity index (χ1) is 8.89. The number of hydrogen-bond donors (Lipinski definition) is 2. The van der Waals surface area contributed by atoms with Crippen molar-refractivity contribution in [2.75, 3.05) is 18.9 Å². The highest BCUT2D eigenvalue weighted by atomic mass is 32.2. The van der Waals surface area contributed by atoms with Gasteiger partial charge in [-0.2, -0.15) is 0 Å². The number of benzene rings is 1. The Kier molecular flexibility index (Phi) is 3.87. The van der Waals surface area contributed by atoms with Crippen molar-refractivity contribution in [2.45, 2.75) is 31.6 Å². The van der Waals surface area contributed by atoms with Crippen LogP contribution in [0.25, 0.3) is 0 Å². The molecular weight excluding hydrogens is 260 g/mol. The van der Waals surface area contributed by atoms with Crippen molar-refractivity contribution in [1.29, 1.82) is 0 Å². The molecule has 1 saturated carbocycles. The Morgan fingerprint density at radius 1 is 1.21 bits per heavy atom. The number of hydrogen-bond acceptors (Lipinski definition) is 3. The van der Waals surface area contributed by atoms with Crippen LogP contribution in [-0.4, -0.2) is 22.0 Å². The van der Waals surface area contributed by atoms with Gasteiger partial charge >= 0.3 is 0 Å². The van der Waals surface area contributed by atoms with Gasteiger partial charge in [-0.05, 0) is 55.5 Å². The second-order valence-electron chi connectivity index (χ2n) is 5.60. The van der Waals surface area contributed by atoms with Gasteiger partial charge in [-0.1, -0.05) is 13.8 Å². The molecule has 0 radical (unpaired) electrons. The zero-order chi connectivity index (χ0) is 14.1. The Balaban J connectivity index is 2.00. The van der Waals surface area contributed by atoms with Crippen LogP contribution in [0.4, 0.5) is 5.69 Å². The van der Waals surface area contributed by atoms with Crippen molar-refractivity contribution in [3.8, 4) is 0 Å². The van der Waals surface area contributed by atoms with Crippen LogP contribution < -0.4 is 10.0 Å². The van der Waals surface area contributed by atoms with Crippen LogP contribution >= 0.6 is 0 Å². The van der Waals surface area contributed by atoms with E-state index in [-0.39, 0.29) is 0 Å². The Morgan fingerprint density at radius 2 is 1.79 bits per heavy atom. The Hall–Kier alpha value is -1.07. The SMILES string of the molecule is CNS(=O)(=O)c1ccc(NCC2(C(C)C)CC2)cc1. The van der Waals surface area contributed by atoms with Crippen LogP contribution in [0.2, 0.25) is 0 Å². The van der Waals surface area contributed by atoms with Crippen molar-refractivity contribution in [3.63, 3.8) is 0 Å². The van der Waals surface area contributed by atoms with Gasteiger partial charge in [0, 0.05) is 12.2 Å². The third-order valence-electron chi connectivity index (χ3n) is 4.19. The largest absolute Gasteiger partial charge is 0.384 e. The van der Waals surface area contributed by atoms with Crippen LogP contribution in [-0.2, 0) is 10.0 Å². The summed E-state index contributed by atoms with van der Waals surface area (Å²) in [6.45, 7) is 5.48. The maximum atomic E-state index is 11.6. The van der Waals surface area contributed by atoms with Crippen molar-refractivity contribution in [2.24, 2.45) is 11.3 Å². The third kappa shape index (κ3) is 3.09. The third-order valence-corrected chi connectivity index (χ3v) is 5.63. The van der Waals surface area contributed by atoms with Crippen LogP contribution in [0, 0.1) is 11.3 Å². The Morgan fingerprint density at radius 3 is 2.21 bits per heavy atom. The average molecular weight is 282 g/mol. The molecular formula is C14H22N2O2S. The first kappa shape index (κ1) is 14.3. The lowest BCUT2D eigenvalue weighted by Crippen LogP contribution is -2.21. The van der Waals surface area contributed by atoms with Crippen LogP contribution in [0.3, 0.4) is 0 Å². The van der Waals surface area contributed by atoms with Crippen molar-refractivity contribution in [1.82, 2.24) is 4.72 Å². The molecule has 4 nitrogen and oxygen atoms in total. The number of nitrogens with one attached hydrogen (secondary N) is 2. The van der Waals surface area contributed by atoms with Crippen molar-refractivity contribution < 1.29 is 8.42 Å². The Bertz CT molecular complexity index is 531. The van der Waals surface area contributed by atoms with Gasteiger partial charge in [0.1, 0.15) is 0 Å². The summed E-state index contributed by atoms with van der Waals surface area (Å²) in [7, 11) is -1.92. The summed E-state index contributed by atoms with van der Waals surface area (Å²) >= 11 is 0. The quantitative estimate of drug-likeness (QED) is 0.842. The highest BCUT2D eigenvalue weighted by Crippen LogP contribution is 2.51. The second kappa shape index (κ2) is 5.13. The predicted molar refractivity (Wildman–Crippen MR) is 77.7 cm³/mol. The monoisotopic (exact) mass is 282 g/mol. The number of sulfonamides is 1. The summed E-state index contributed by atoms with van der Waals surface area (Å²) in [5.74, 6) is 0.684. The lowest BCUT2D eigenvalue weighted by Gasteiger charge is -2.20. The van der Waals surface area contributed by atoms with Gasteiger partial charge in [-0.25, -0.2) is 13.1 Å². The predicted octanol–water partition coefficient (Wildman–Crippen LogP) is 2.44. The standard InChI is InChI=1S/C14H22N2O2S/c1-11(2)14(8-9-14)10-16-12-4-6-13(7-5-12)19(17,18)15-3/h4-7,11,15-16H,8-10H2,1-3H3. The van der Waals surface area contributed by atoms with Gasteiger partial charge in [-0.3, -0.25) is 0 Å². The molecule has 0 bridgehead atoms. The van der Waals surface area contributed by atoms with Crippen LogP contribution in [0.15, 0.2) is 29.2 Å². The smallest absolute Gasteiger partial charge is 0.240 e. The highest BCUT2D eigenvalue weighted by molar-refractivity contribution is 7.89. The van der Waals surface area contributed by atoms with E-state index in [0.29, 0.717) is 16.2 Å². The van der Waals surface area contributed by atoms with Gasteiger partial charge in [-0.15, -0.1) is 0 Å². The van der Waals surface area contributed by atoms with E-state index in [1.807, 2.05) is 12.1 Å². The van der Waals surface area contributed by atoms with E-state index < -0.39 is 10.0 Å². The minimum absolute atomic E-state index is 0.297. The number of rotatable bonds is 6. The minimum Gasteiger partial charge on any atom is -0.384 e. The topological polar surface area (TPSA) is 58.2 Å².